The van der Waals surface area contributed by atoms with Crippen molar-refractivity contribution >= 4 is 28.8 Å². The minimum atomic E-state index is -0.259. The van der Waals surface area contributed by atoms with Gasteiger partial charge in [0.2, 0.25) is 0 Å². The number of rotatable bonds is 7. The van der Waals surface area contributed by atoms with Gasteiger partial charge in [-0.2, -0.15) is 0 Å². The Morgan fingerprint density at radius 1 is 1.25 bits per heavy atom. The summed E-state index contributed by atoms with van der Waals surface area (Å²) in [6, 6.07) is 7.44. The molecule has 3 rings (SSSR count). The van der Waals surface area contributed by atoms with Crippen molar-refractivity contribution < 1.29 is 9.53 Å². The number of carbonyl (C=O) groups excluding carboxylic acids is 1. The Hall–Kier alpha value is -2.02. The number of thioether (sulfide) groups is 1. The molecule has 1 amide bonds. The normalized spacial score (nSPS) is 14.4. The summed E-state index contributed by atoms with van der Waals surface area (Å²) in [7, 11) is 0. The molecule has 0 bridgehead atoms. The lowest BCUT2D eigenvalue weighted by atomic mass is 10.2. The van der Waals surface area contributed by atoms with Gasteiger partial charge in [-0.25, -0.2) is 9.78 Å². The van der Waals surface area contributed by atoms with Gasteiger partial charge >= 0.3 is 6.09 Å². The van der Waals surface area contributed by atoms with Crippen LogP contribution < -0.4 is 5.56 Å². The topological polar surface area (TPSA) is 64.4 Å². The van der Waals surface area contributed by atoms with Gasteiger partial charge in [-0.3, -0.25) is 9.36 Å². The number of nitrogens with zero attached hydrogens (tertiary/aromatic N) is 3. The molecule has 24 heavy (non-hydrogen) atoms. The van der Waals surface area contributed by atoms with Crippen molar-refractivity contribution in [3.63, 3.8) is 0 Å². The van der Waals surface area contributed by atoms with Crippen LogP contribution in [0.1, 0.15) is 19.8 Å². The zero-order chi connectivity index (χ0) is 16.9. The van der Waals surface area contributed by atoms with E-state index in [1.54, 1.807) is 9.47 Å². The fourth-order valence-electron chi connectivity index (χ4n) is 2.65. The van der Waals surface area contributed by atoms with E-state index in [9.17, 15) is 9.59 Å². The van der Waals surface area contributed by atoms with Gasteiger partial charge in [-0.05, 0) is 18.6 Å². The van der Waals surface area contributed by atoms with Crippen molar-refractivity contribution in [2.75, 3.05) is 25.4 Å². The first-order valence-corrected chi connectivity index (χ1v) is 9.23. The molecule has 0 radical (unpaired) electrons. The van der Waals surface area contributed by atoms with E-state index in [0.717, 1.165) is 23.5 Å². The molecule has 1 fully saturated rings. The number of carbonyl (C=O) groups is 1. The maximum absolute atomic E-state index is 12.8. The quantitative estimate of drug-likeness (QED) is 0.569. The molecule has 0 spiro atoms. The van der Waals surface area contributed by atoms with Crippen molar-refractivity contribution in [1.82, 2.24) is 14.5 Å². The van der Waals surface area contributed by atoms with E-state index in [2.05, 4.69) is 11.9 Å². The minimum Gasteiger partial charge on any atom is -0.448 e. The molecular weight excluding hydrogens is 326 g/mol. The summed E-state index contributed by atoms with van der Waals surface area (Å²) in [6.07, 6.45) is 1.69. The summed E-state index contributed by atoms with van der Waals surface area (Å²) in [6.45, 7) is 4.46. The monoisotopic (exact) mass is 347 g/mol. The third-order valence-electron chi connectivity index (χ3n) is 4.00. The molecule has 1 aliphatic rings. The van der Waals surface area contributed by atoms with Crippen molar-refractivity contribution in [3.8, 4) is 0 Å². The molecule has 128 valence electrons. The zero-order valence-electron chi connectivity index (χ0n) is 13.7. The molecule has 1 aliphatic heterocycles. The number of hydrogen-bond acceptors (Lipinski definition) is 5. The largest absolute Gasteiger partial charge is 0.448 e. The van der Waals surface area contributed by atoms with E-state index in [0.29, 0.717) is 37.4 Å². The maximum atomic E-state index is 12.8. The lowest BCUT2D eigenvalue weighted by molar-refractivity contribution is 0.160. The molecular formula is C17H21N3O3S. The lowest BCUT2D eigenvalue weighted by Crippen LogP contribution is -2.27. The van der Waals surface area contributed by atoms with Crippen LogP contribution >= 0.6 is 11.8 Å². The highest BCUT2D eigenvalue weighted by Gasteiger charge is 2.21. The molecule has 2 heterocycles. The number of para-hydroxylation sites is 1. The Kier molecular flexibility index (Phi) is 5.40. The summed E-state index contributed by atoms with van der Waals surface area (Å²) in [5.74, 6) is 0.687. The van der Waals surface area contributed by atoms with Gasteiger partial charge in [0.15, 0.2) is 5.16 Å². The molecule has 7 heteroatoms. The number of benzene rings is 1. The molecule has 0 saturated carbocycles. The first-order valence-electron chi connectivity index (χ1n) is 8.25. The standard InChI is InChI=1S/C17H21N3O3S/c1-2-3-8-20-15(21)13-6-4-5-7-14(13)18-16(20)24-12-10-19-9-11-23-17(19)22/h4-7H,2-3,8-12H2,1H3. The van der Waals surface area contributed by atoms with Crippen LogP contribution in [0.4, 0.5) is 4.79 Å². The lowest BCUT2D eigenvalue weighted by Gasteiger charge is -2.15. The fourth-order valence-corrected chi connectivity index (χ4v) is 3.63. The van der Waals surface area contributed by atoms with Gasteiger partial charge < -0.3 is 9.64 Å². The second kappa shape index (κ2) is 7.70. The average Bonchev–Trinajstić information content (AvgIpc) is 3.00. The first kappa shape index (κ1) is 16.8. The van der Waals surface area contributed by atoms with Crippen LogP contribution in [0.2, 0.25) is 0 Å². The molecule has 1 aromatic heterocycles. The smallest absolute Gasteiger partial charge is 0.409 e. The van der Waals surface area contributed by atoms with Crippen LogP contribution in [-0.2, 0) is 11.3 Å². The number of hydrogen-bond donors (Lipinski definition) is 0. The summed E-state index contributed by atoms with van der Waals surface area (Å²) < 4.78 is 6.69. The Morgan fingerprint density at radius 2 is 2.08 bits per heavy atom. The third-order valence-corrected chi connectivity index (χ3v) is 4.96. The predicted molar refractivity (Wildman–Crippen MR) is 94.6 cm³/mol. The van der Waals surface area contributed by atoms with Crippen molar-refractivity contribution in [1.29, 1.82) is 0 Å². The Labute approximate surface area is 144 Å². The van der Waals surface area contributed by atoms with E-state index in [4.69, 9.17) is 4.74 Å². The van der Waals surface area contributed by atoms with Crippen LogP contribution in [0.15, 0.2) is 34.2 Å². The molecule has 0 aliphatic carbocycles. The molecule has 1 saturated heterocycles. The van der Waals surface area contributed by atoms with Crippen LogP contribution in [0, 0.1) is 0 Å². The summed E-state index contributed by atoms with van der Waals surface area (Å²) in [5, 5.41) is 1.38. The van der Waals surface area contributed by atoms with E-state index < -0.39 is 0 Å². The van der Waals surface area contributed by atoms with Gasteiger partial charge in [0.05, 0.1) is 17.4 Å². The van der Waals surface area contributed by atoms with Crippen LogP contribution in [-0.4, -0.2) is 46.0 Å². The Balaban J connectivity index is 1.81. The van der Waals surface area contributed by atoms with Crippen LogP contribution in [0.5, 0.6) is 0 Å². The van der Waals surface area contributed by atoms with Crippen molar-refractivity contribution in [2.24, 2.45) is 0 Å². The second-order valence-electron chi connectivity index (χ2n) is 5.67. The highest BCUT2D eigenvalue weighted by atomic mass is 32.2. The highest BCUT2D eigenvalue weighted by molar-refractivity contribution is 7.99. The fraction of sp³-hybridized carbons (Fsp3) is 0.471. The summed E-state index contributed by atoms with van der Waals surface area (Å²) in [4.78, 5) is 30.6. The molecule has 0 atom stereocenters. The van der Waals surface area contributed by atoms with E-state index in [-0.39, 0.29) is 11.7 Å². The number of cyclic esters (lactones) is 1. The SMILES string of the molecule is CCCCn1c(SCCN2CCOC2=O)nc2ccccc2c1=O. The number of ether oxygens (including phenoxy) is 1. The molecule has 6 nitrogen and oxygen atoms in total. The Bertz CT molecular complexity index is 790. The first-order chi connectivity index (χ1) is 11.7. The van der Waals surface area contributed by atoms with Gasteiger partial charge in [0, 0.05) is 18.8 Å². The summed E-state index contributed by atoms with van der Waals surface area (Å²) in [5.41, 5.74) is 0.732. The number of fused-ring (bicyclic) bond motifs is 1. The second-order valence-corrected chi connectivity index (χ2v) is 6.73. The van der Waals surface area contributed by atoms with Gasteiger partial charge in [0.1, 0.15) is 6.61 Å². The predicted octanol–water partition coefficient (Wildman–Crippen LogP) is 2.74. The Morgan fingerprint density at radius 3 is 2.83 bits per heavy atom. The van der Waals surface area contributed by atoms with Crippen LogP contribution in [0.25, 0.3) is 10.9 Å². The van der Waals surface area contributed by atoms with E-state index >= 15 is 0 Å². The average molecular weight is 347 g/mol. The molecule has 0 unspecified atom stereocenters. The van der Waals surface area contributed by atoms with Gasteiger partial charge in [0.25, 0.3) is 5.56 Å². The van der Waals surface area contributed by atoms with Crippen molar-refractivity contribution in [3.05, 3.63) is 34.6 Å². The maximum Gasteiger partial charge on any atom is 0.409 e. The molecule has 2 aromatic rings. The van der Waals surface area contributed by atoms with E-state index in [1.807, 2.05) is 24.3 Å². The molecule has 0 N–H and O–H groups in total. The third kappa shape index (κ3) is 3.56. The number of aromatic nitrogens is 2. The molecule has 1 aromatic carbocycles. The number of unbranched alkanes of at least 4 members (excludes halogenated alkanes) is 1. The highest BCUT2D eigenvalue weighted by Crippen LogP contribution is 2.19. The van der Waals surface area contributed by atoms with Gasteiger partial charge in [-0.15, -0.1) is 0 Å². The van der Waals surface area contributed by atoms with Gasteiger partial charge in [-0.1, -0.05) is 37.2 Å². The van der Waals surface area contributed by atoms with Crippen LogP contribution in [0.3, 0.4) is 0 Å². The summed E-state index contributed by atoms with van der Waals surface area (Å²) >= 11 is 1.52. The van der Waals surface area contributed by atoms with E-state index in [1.165, 1.54) is 11.8 Å². The van der Waals surface area contributed by atoms with Crippen molar-refractivity contribution in [2.45, 2.75) is 31.5 Å². The zero-order valence-corrected chi connectivity index (χ0v) is 14.6. The number of amides is 1. The minimum absolute atomic E-state index is 0.0112.